The third-order valence-corrected chi connectivity index (χ3v) is 6.16. The number of nitrogens with one attached hydrogen (secondary N) is 1. The number of rotatable bonds is 8. The third kappa shape index (κ3) is 5.22. The van der Waals surface area contributed by atoms with Crippen molar-refractivity contribution in [1.82, 2.24) is 10.2 Å². The monoisotopic (exact) mass is 492 g/mol. The normalized spacial score (nSPS) is 10.6. The summed E-state index contributed by atoms with van der Waals surface area (Å²) in [4.78, 5) is 12.8. The maximum atomic E-state index is 12.8. The standard InChI is InChI=1S/C28H20N4O3S/c29-17-22-25(20-12-6-2-7-13-20)26(21-14-8-3-9-15-21)35-27(22)30-23(33)18-36-28-32-31-24(34-28)16-19-10-4-1-5-11-19/h1-15H,16,18H2,(H,30,33). The van der Waals surface area contributed by atoms with E-state index in [9.17, 15) is 10.1 Å². The molecule has 0 spiro atoms. The molecule has 0 aliphatic carbocycles. The Kier molecular flexibility index (Phi) is 6.92. The Bertz CT molecular complexity index is 1510. The molecule has 2 heterocycles. The van der Waals surface area contributed by atoms with Crippen LogP contribution in [0.3, 0.4) is 0 Å². The maximum Gasteiger partial charge on any atom is 0.277 e. The topological polar surface area (TPSA) is 105 Å². The van der Waals surface area contributed by atoms with Gasteiger partial charge in [-0.2, -0.15) is 5.26 Å². The van der Waals surface area contributed by atoms with Crippen LogP contribution in [0, 0.1) is 11.3 Å². The van der Waals surface area contributed by atoms with Gasteiger partial charge in [-0.15, -0.1) is 10.2 Å². The van der Waals surface area contributed by atoms with E-state index >= 15 is 0 Å². The van der Waals surface area contributed by atoms with E-state index < -0.39 is 0 Å². The highest BCUT2D eigenvalue weighted by atomic mass is 32.2. The van der Waals surface area contributed by atoms with Gasteiger partial charge < -0.3 is 8.83 Å². The van der Waals surface area contributed by atoms with Crippen LogP contribution in [0.4, 0.5) is 5.88 Å². The Labute approximate surface area is 211 Å². The molecule has 0 atom stereocenters. The van der Waals surface area contributed by atoms with Gasteiger partial charge in [0, 0.05) is 11.1 Å². The number of thioether (sulfide) groups is 1. The summed E-state index contributed by atoms with van der Waals surface area (Å²) in [6.07, 6.45) is 0.517. The molecule has 1 N–H and O–H groups in total. The highest BCUT2D eigenvalue weighted by molar-refractivity contribution is 7.99. The number of amides is 1. The van der Waals surface area contributed by atoms with Gasteiger partial charge in [0.2, 0.25) is 17.7 Å². The fourth-order valence-electron chi connectivity index (χ4n) is 3.73. The molecule has 176 valence electrons. The molecular weight excluding hydrogens is 472 g/mol. The van der Waals surface area contributed by atoms with Crippen LogP contribution in [0.25, 0.3) is 22.5 Å². The number of aromatic nitrogens is 2. The lowest BCUT2D eigenvalue weighted by atomic mass is 9.98. The number of hydrogen-bond acceptors (Lipinski definition) is 7. The lowest BCUT2D eigenvalue weighted by molar-refractivity contribution is -0.113. The van der Waals surface area contributed by atoms with Gasteiger partial charge in [0.25, 0.3) is 5.22 Å². The van der Waals surface area contributed by atoms with E-state index in [2.05, 4.69) is 21.6 Å². The molecule has 5 aromatic rings. The number of carbonyl (C=O) groups is 1. The van der Waals surface area contributed by atoms with Crippen molar-refractivity contribution in [3.05, 3.63) is 108 Å². The summed E-state index contributed by atoms with van der Waals surface area (Å²) >= 11 is 1.12. The first-order chi connectivity index (χ1) is 17.7. The molecule has 0 saturated carbocycles. The number of hydrogen-bond donors (Lipinski definition) is 1. The molecule has 0 saturated heterocycles. The summed E-state index contributed by atoms with van der Waals surface area (Å²) in [7, 11) is 0. The molecule has 2 aromatic heterocycles. The quantitative estimate of drug-likeness (QED) is 0.258. The zero-order valence-electron chi connectivity index (χ0n) is 19.0. The SMILES string of the molecule is N#Cc1c(NC(=O)CSc2nnc(Cc3ccccc3)o2)oc(-c2ccccc2)c1-c1ccccc1. The second-order valence-electron chi connectivity index (χ2n) is 7.82. The Morgan fingerprint density at radius 1 is 0.861 bits per heavy atom. The Hall–Kier alpha value is -4.61. The summed E-state index contributed by atoms with van der Waals surface area (Å²) in [5.41, 5.74) is 3.58. The van der Waals surface area contributed by atoms with Gasteiger partial charge in [-0.1, -0.05) is 103 Å². The number of nitrogens with zero attached hydrogens (tertiary/aromatic N) is 3. The minimum atomic E-state index is -0.354. The summed E-state index contributed by atoms with van der Waals surface area (Å²) in [6.45, 7) is 0. The van der Waals surface area contributed by atoms with E-state index in [1.807, 2.05) is 91.0 Å². The molecule has 3 aromatic carbocycles. The molecule has 0 aliphatic heterocycles. The average molecular weight is 493 g/mol. The van der Waals surface area contributed by atoms with E-state index in [1.54, 1.807) is 0 Å². The van der Waals surface area contributed by atoms with Crippen LogP contribution < -0.4 is 5.32 Å². The summed E-state index contributed by atoms with van der Waals surface area (Å²) in [5, 5.41) is 21.1. The lowest BCUT2D eigenvalue weighted by Crippen LogP contribution is -2.14. The molecule has 8 heteroatoms. The highest BCUT2D eigenvalue weighted by Crippen LogP contribution is 2.41. The summed E-state index contributed by atoms with van der Waals surface area (Å²) in [5.74, 6) is 0.758. The van der Waals surface area contributed by atoms with E-state index in [0.29, 0.717) is 28.9 Å². The van der Waals surface area contributed by atoms with E-state index in [4.69, 9.17) is 8.83 Å². The van der Waals surface area contributed by atoms with Crippen LogP contribution in [-0.4, -0.2) is 21.9 Å². The molecule has 36 heavy (non-hydrogen) atoms. The molecule has 0 unspecified atom stereocenters. The van der Waals surface area contributed by atoms with E-state index in [-0.39, 0.29) is 23.1 Å². The van der Waals surface area contributed by atoms with Crippen molar-refractivity contribution in [1.29, 1.82) is 5.26 Å². The molecule has 1 amide bonds. The van der Waals surface area contributed by atoms with Gasteiger partial charge in [0.15, 0.2) is 0 Å². The van der Waals surface area contributed by atoms with Crippen LogP contribution in [0.2, 0.25) is 0 Å². The second-order valence-corrected chi connectivity index (χ2v) is 8.74. The predicted molar refractivity (Wildman–Crippen MR) is 137 cm³/mol. The van der Waals surface area contributed by atoms with Crippen LogP contribution in [0.5, 0.6) is 0 Å². The Morgan fingerprint density at radius 3 is 2.17 bits per heavy atom. The molecule has 0 radical (unpaired) electrons. The predicted octanol–water partition coefficient (Wildman–Crippen LogP) is 6.19. The third-order valence-electron chi connectivity index (χ3n) is 5.34. The zero-order valence-corrected chi connectivity index (χ0v) is 19.9. The second kappa shape index (κ2) is 10.8. The summed E-state index contributed by atoms with van der Waals surface area (Å²) in [6, 6.07) is 31.0. The van der Waals surface area contributed by atoms with Crippen molar-refractivity contribution in [2.75, 3.05) is 11.1 Å². The Morgan fingerprint density at radius 2 is 1.50 bits per heavy atom. The summed E-state index contributed by atoms with van der Waals surface area (Å²) < 4.78 is 11.7. The molecule has 7 nitrogen and oxygen atoms in total. The molecule has 0 fully saturated rings. The fraction of sp³-hybridized carbons (Fsp3) is 0.0714. The van der Waals surface area contributed by atoms with Gasteiger partial charge in [-0.25, -0.2) is 0 Å². The fourth-order valence-corrected chi connectivity index (χ4v) is 4.31. The van der Waals surface area contributed by atoms with Crippen molar-refractivity contribution >= 4 is 23.6 Å². The van der Waals surface area contributed by atoms with Gasteiger partial charge in [0.1, 0.15) is 17.4 Å². The maximum absolute atomic E-state index is 12.8. The van der Waals surface area contributed by atoms with Crippen LogP contribution in [0.15, 0.2) is 105 Å². The van der Waals surface area contributed by atoms with E-state index in [1.165, 1.54) is 0 Å². The smallest absolute Gasteiger partial charge is 0.277 e. The number of furan rings is 1. The first kappa shape index (κ1) is 23.1. The largest absolute Gasteiger partial charge is 0.438 e. The molecule has 5 rings (SSSR count). The number of nitriles is 1. The van der Waals surface area contributed by atoms with Crippen molar-refractivity contribution in [2.45, 2.75) is 11.6 Å². The number of benzene rings is 3. The van der Waals surface area contributed by atoms with Crippen LogP contribution in [0.1, 0.15) is 17.0 Å². The van der Waals surface area contributed by atoms with Crippen molar-refractivity contribution in [3.63, 3.8) is 0 Å². The zero-order chi connectivity index (χ0) is 24.7. The van der Waals surface area contributed by atoms with E-state index in [0.717, 1.165) is 28.5 Å². The number of anilines is 1. The minimum absolute atomic E-state index is 0.0138. The molecular formula is C28H20N4O3S. The van der Waals surface area contributed by atoms with Crippen molar-refractivity contribution in [3.8, 4) is 28.5 Å². The first-order valence-electron chi connectivity index (χ1n) is 11.2. The molecule has 0 bridgehead atoms. The highest BCUT2D eigenvalue weighted by Gasteiger charge is 2.24. The first-order valence-corrected chi connectivity index (χ1v) is 12.2. The van der Waals surface area contributed by atoms with Gasteiger partial charge in [-0.3, -0.25) is 10.1 Å². The van der Waals surface area contributed by atoms with Gasteiger partial charge in [-0.05, 0) is 11.1 Å². The van der Waals surface area contributed by atoms with Crippen molar-refractivity contribution in [2.24, 2.45) is 0 Å². The lowest BCUT2D eigenvalue weighted by Gasteiger charge is -2.03. The van der Waals surface area contributed by atoms with Gasteiger partial charge >= 0.3 is 0 Å². The molecule has 0 aliphatic rings. The average Bonchev–Trinajstić information content (AvgIpc) is 3.53. The minimum Gasteiger partial charge on any atom is -0.438 e. The van der Waals surface area contributed by atoms with Gasteiger partial charge in [0.05, 0.1) is 12.2 Å². The number of carbonyl (C=O) groups excluding carboxylic acids is 1. The van der Waals surface area contributed by atoms with Crippen molar-refractivity contribution < 1.29 is 13.6 Å². The van der Waals surface area contributed by atoms with Crippen LogP contribution in [-0.2, 0) is 11.2 Å². The van der Waals surface area contributed by atoms with Crippen LogP contribution >= 0.6 is 11.8 Å². The Balaban J connectivity index is 1.33.